The number of fused-ring (bicyclic) bond motifs is 5. The van der Waals surface area contributed by atoms with Crippen LogP contribution in [0.15, 0.2) is 206 Å². The van der Waals surface area contributed by atoms with Crippen molar-refractivity contribution in [3.63, 3.8) is 0 Å². The molecule has 2 aromatic heterocycles. The molecular formula is C54H34N4O. The number of hydrogen-bond acceptors (Lipinski definition) is 4. The van der Waals surface area contributed by atoms with Crippen LogP contribution in [-0.4, -0.2) is 14.5 Å². The van der Waals surface area contributed by atoms with E-state index in [1.165, 1.54) is 0 Å². The van der Waals surface area contributed by atoms with Crippen molar-refractivity contribution in [3.8, 4) is 57.0 Å². The molecule has 276 valence electrons. The van der Waals surface area contributed by atoms with Gasteiger partial charge >= 0.3 is 0 Å². The molecule has 0 bridgehead atoms. The minimum atomic E-state index is -0.676. The molecule has 59 heavy (non-hydrogen) atoms. The van der Waals surface area contributed by atoms with Crippen molar-refractivity contribution in [1.82, 2.24) is 14.5 Å². The molecule has 0 fully saturated rings. The first-order chi connectivity index (χ1) is 29.2. The maximum Gasteiger partial charge on any atom is 0.159 e. The molecule has 0 radical (unpaired) electrons. The van der Waals surface area contributed by atoms with Crippen molar-refractivity contribution in [1.29, 1.82) is 5.26 Å². The lowest BCUT2D eigenvalue weighted by molar-refractivity contribution is 0.435. The third-order valence-electron chi connectivity index (χ3n) is 11.6. The van der Waals surface area contributed by atoms with E-state index in [-0.39, 0.29) is 0 Å². The molecule has 0 amide bonds. The number of para-hydroxylation sites is 1. The van der Waals surface area contributed by atoms with Crippen LogP contribution in [0.2, 0.25) is 0 Å². The van der Waals surface area contributed by atoms with Crippen LogP contribution in [0.3, 0.4) is 0 Å². The molecule has 0 atom stereocenters. The largest absolute Gasteiger partial charge is 0.457 e. The minimum Gasteiger partial charge on any atom is -0.457 e. The van der Waals surface area contributed by atoms with Crippen LogP contribution in [0.5, 0.6) is 11.5 Å². The first kappa shape index (κ1) is 34.2. The van der Waals surface area contributed by atoms with E-state index in [2.05, 4.69) is 161 Å². The second-order valence-corrected chi connectivity index (χ2v) is 14.9. The quantitative estimate of drug-likeness (QED) is 0.170. The normalized spacial score (nSPS) is 12.7. The predicted octanol–water partition coefficient (Wildman–Crippen LogP) is 12.9. The molecule has 10 aromatic rings. The minimum absolute atomic E-state index is 0.631. The summed E-state index contributed by atoms with van der Waals surface area (Å²) in [6.07, 6.45) is 1.82. The average molecular weight is 755 g/mol. The third-order valence-corrected chi connectivity index (χ3v) is 11.6. The van der Waals surface area contributed by atoms with Crippen LogP contribution in [0.1, 0.15) is 27.8 Å². The summed E-state index contributed by atoms with van der Waals surface area (Å²) in [4.78, 5) is 9.60. The zero-order valence-corrected chi connectivity index (χ0v) is 31.8. The van der Waals surface area contributed by atoms with Crippen molar-refractivity contribution in [2.45, 2.75) is 5.41 Å². The van der Waals surface area contributed by atoms with Gasteiger partial charge in [-0.2, -0.15) is 5.26 Å². The Balaban J connectivity index is 1.11. The number of rotatable bonds is 6. The molecule has 5 heteroatoms. The van der Waals surface area contributed by atoms with Gasteiger partial charge in [0.2, 0.25) is 0 Å². The highest BCUT2D eigenvalue weighted by atomic mass is 16.5. The second-order valence-electron chi connectivity index (χ2n) is 14.9. The zero-order chi connectivity index (χ0) is 39.3. The summed E-state index contributed by atoms with van der Waals surface area (Å²) < 4.78 is 9.35. The van der Waals surface area contributed by atoms with E-state index < -0.39 is 5.41 Å². The molecule has 1 aliphatic heterocycles. The van der Waals surface area contributed by atoms with Crippen LogP contribution >= 0.6 is 0 Å². The fourth-order valence-electron chi connectivity index (χ4n) is 8.97. The third kappa shape index (κ3) is 5.54. The van der Waals surface area contributed by atoms with Gasteiger partial charge in [0.1, 0.15) is 11.5 Å². The lowest BCUT2D eigenvalue weighted by Crippen LogP contribution is -2.34. The van der Waals surface area contributed by atoms with Gasteiger partial charge in [0.05, 0.1) is 33.8 Å². The van der Waals surface area contributed by atoms with E-state index in [0.717, 1.165) is 89.2 Å². The number of aromatic nitrogens is 3. The Hall–Kier alpha value is -8.07. The fraction of sp³-hybridized carbons (Fsp3) is 0.0185. The summed E-state index contributed by atoms with van der Waals surface area (Å²) in [6, 6.07) is 71.9. The Bertz CT molecular complexity index is 3200. The zero-order valence-electron chi connectivity index (χ0n) is 31.8. The van der Waals surface area contributed by atoms with Crippen LogP contribution in [0.4, 0.5) is 0 Å². The molecule has 3 heterocycles. The van der Waals surface area contributed by atoms with Gasteiger partial charge in [-0.05, 0) is 82.9 Å². The second kappa shape index (κ2) is 13.8. The van der Waals surface area contributed by atoms with E-state index in [1.807, 2.05) is 60.8 Å². The first-order valence-corrected chi connectivity index (χ1v) is 19.7. The van der Waals surface area contributed by atoms with Gasteiger partial charge in [-0.15, -0.1) is 0 Å². The lowest BCUT2D eigenvalue weighted by atomic mass is 9.63. The highest BCUT2D eigenvalue weighted by Gasteiger charge is 2.45. The molecule has 5 nitrogen and oxygen atoms in total. The summed E-state index contributed by atoms with van der Waals surface area (Å²) in [5.74, 6) is 2.23. The first-order valence-electron chi connectivity index (χ1n) is 19.7. The summed E-state index contributed by atoms with van der Waals surface area (Å²) in [5.41, 5.74) is 12.4. The van der Waals surface area contributed by atoms with Crippen molar-refractivity contribution in [2.75, 3.05) is 0 Å². The fourth-order valence-corrected chi connectivity index (χ4v) is 8.97. The van der Waals surface area contributed by atoms with Gasteiger partial charge < -0.3 is 9.30 Å². The average Bonchev–Trinajstić information content (AvgIpc) is 3.64. The Kier molecular flexibility index (Phi) is 8.02. The number of nitrogens with zero attached hydrogens (tertiary/aromatic N) is 4. The lowest BCUT2D eigenvalue weighted by Gasteiger charge is -2.41. The van der Waals surface area contributed by atoms with Crippen LogP contribution in [-0.2, 0) is 5.41 Å². The Morgan fingerprint density at radius 2 is 1.03 bits per heavy atom. The molecule has 1 aliphatic rings. The van der Waals surface area contributed by atoms with Gasteiger partial charge in [0, 0.05) is 44.9 Å². The van der Waals surface area contributed by atoms with Gasteiger partial charge in [-0.3, -0.25) is 0 Å². The summed E-state index contributed by atoms with van der Waals surface area (Å²) in [7, 11) is 0. The molecule has 0 N–H and O–H groups in total. The van der Waals surface area contributed by atoms with Gasteiger partial charge in [-0.25, -0.2) is 9.97 Å². The molecule has 0 saturated heterocycles. The van der Waals surface area contributed by atoms with Gasteiger partial charge in [0.25, 0.3) is 0 Å². The SMILES string of the molecule is N#Cc1ccc2c(c1)c1cc(-c3ccc4c(c3)Oc3cc(-c5ccnc(-c6ccccc6)n5)ccc3C4(c3ccccc3)c3ccccc3)ccc1n2-c1ccccc1. The van der Waals surface area contributed by atoms with Gasteiger partial charge in [-0.1, -0.05) is 140 Å². The van der Waals surface area contributed by atoms with Crippen molar-refractivity contribution < 1.29 is 4.74 Å². The smallest absolute Gasteiger partial charge is 0.159 e. The number of ether oxygens (including phenoxy) is 1. The van der Waals surface area contributed by atoms with Crippen molar-refractivity contribution in [2.24, 2.45) is 0 Å². The van der Waals surface area contributed by atoms with Crippen LogP contribution < -0.4 is 4.74 Å². The molecular weight excluding hydrogens is 721 g/mol. The van der Waals surface area contributed by atoms with E-state index >= 15 is 0 Å². The Morgan fingerprint density at radius 3 is 1.69 bits per heavy atom. The topological polar surface area (TPSA) is 63.7 Å². The molecule has 8 aromatic carbocycles. The van der Waals surface area contributed by atoms with E-state index in [1.54, 1.807) is 0 Å². The predicted molar refractivity (Wildman–Crippen MR) is 236 cm³/mol. The molecule has 0 saturated carbocycles. The number of hydrogen-bond donors (Lipinski definition) is 0. The van der Waals surface area contributed by atoms with Crippen LogP contribution in [0, 0.1) is 11.3 Å². The standard InChI is InChI=1S/C54H34N4O/c55-35-36-21-27-49-44(31-36)45-32-38(24-28-50(45)58(49)43-19-11-4-12-20-43)39-22-25-46-51(33-39)59-52-34-40(48-29-30-56-53(57-48)37-13-5-1-6-14-37)23-26-47(52)54(46,41-15-7-2-8-16-41)42-17-9-3-10-18-42/h1-34H. The molecule has 0 aliphatic carbocycles. The summed E-state index contributed by atoms with van der Waals surface area (Å²) in [6.45, 7) is 0. The molecule has 11 rings (SSSR count). The van der Waals surface area contributed by atoms with E-state index in [9.17, 15) is 5.26 Å². The van der Waals surface area contributed by atoms with Crippen molar-refractivity contribution >= 4 is 21.8 Å². The monoisotopic (exact) mass is 754 g/mol. The number of nitriles is 1. The van der Waals surface area contributed by atoms with Gasteiger partial charge in [0.15, 0.2) is 5.82 Å². The number of benzene rings is 8. The summed E-state index contributed by atoms with van der Waals surface area (Å²) in [5, 5.41) is 12.0. The maximum atomic E-state index is 9.88. The van der Waals surface area contributed by atoms with Crippen LogP contribution in [0.25, 0.3) is 61.3 Å². The highest BCUT2D eigenvalue weighted by molar-refractivity contribution is 6.11. The summed E-state index contributed by atoms with van der Waals surface area (Å²) >= 11 is 0. The Morgan fingerprint density at radius 1 is 0.492 bits per heavy atom. The van der Waals surface area contributed by atoms with E-state index in [0.29, 0.717) is 11.4 Å². The van der Waals surface area contributed by atoms with E-state index in [4.69, 9.17) is 9.72 Å². The molecule has 0 unspecified atom stereocenters. The maximum absolute atomic E-state index is 9.88. The Labute approximate surface area is 341 Å². The molecule has 0 spiro atoms. The highest BCUT2D eigenvalue weighted by Crippen LogP contribution is 2.56. The van der Waals surface area contributed by atoms with Crippen molar-refractivity contribution in [3.05, 3.63) is 234 Å².